The van der Waals surface area contributed by atoms with Crippen LogP contribution in [0.4, 0.5) is 11.4 Å². The molecule has 8 heteroatoms. The van der Waals surface area contributed by atoms with Gasteiger partial charge in [-0.25, -0.2) is 0 Å². The lowest BCUT2D eigenvalue weighted by molar-refractivity contribution is -0.384. The molecule has 2 aromatic carbocycles. The van der Waals surface area contributed by atoms with Gasteiger partial charge in [0.1, 0.15) is 5.69 Å². The van der Waals surface area contributed by atoms with Gasteiger partial charge in [-0.2, -0.15) is 0 Å². The van der Waals surface area contributed by atoms with Crippen molar-refractivity contribution < 1.29 is 9.72 Å². The number of rotatable bonds is 4. The summed E-state index contributed by atoms with van der Waals surface area (Å²) in [5.74, 6) is -0.0535. The third-order valence-corrected chi connectivity index (χ3v) is 5.15. The lowest BCUT2D eigenvalue weighted by atomic mass is 10.1. The van der Waals surface area contributed by atoms with E-state index in [4.69, 9.17) is 23.2 Å². The van der Waals surface area contributed by atoms with E-state index in [-0.39, 0.29) is 22.9 Å². The van der Waals surface area contributed by atoms with Gasteiger partial charge in [-0.3, -0.25) is 14.9 Å². The second-order valence-electron chi connectivity index (χ2n) is 5.99. The Kier molecular flexibility index (Phi) is 5.64. The highest BCUT2D eigenvalue weighted by atomic mass is 35.5. The fourth-order valence-electron chi connectivity index (χ4n) is 3.05. The monoisotopic (exact) mass is 393 g/mol. The first-order chi connectivity index (χ1) is 12.5. The van der Waals surface area contributed by atoms with Crippen LogP contribution in [0, 0.1) is 10.1 Å². The summed E-state index contributed by atoms with van der Waals surface area (Å²) < 4.78 is 0. The van der Waals surface area contributed by atoms with Crippen molar-refractivity contribution in [2.45, 2.75) is 6.42 Å². The Hall–Kier alpha value is -2.31. The van der Waals surface area contributed by atoms with Crippen LogP contribution in [0.25, 0.3) is 0 Å². The second-order valence-corrected chi connectivity index (χ2v) is 6.81. The van der Waals surface area contributed by atoms with Crippen LogP contribution in [-0.2, 0) is 11.2 Å². The molecule has 26 heavy (non-hydrogen) atoms. The van der Waals surface area contributed by atoms with Gasteiger partial charge in [-0.1, -0.05) is 41.4 Å². The summed E-state index contributed by atoms with van der Waals surface area (Å²) in [6.07, 6.45) is 0.143. The number of hydrogen-bond donors (Lipinski definition) is 0. The number of nitro groups is 1. The maximum absolute atomic E-state index is 12.6. The smallest absolute Gasteiger partial charge is 0.292 e. The lowest BCUT2D eigenvalue weighted by Gasteiger charge is -2.36. The molecule has 0 N–H and O–H groups in total. The van der Waals surface area contributed by atoms with Crippen LogP contribution >= 0.6 is 23.2 Å². The first-order valence-corrected chi connectivity index (χ1v) is 8.92. The van der Waals surface area contributed by atoms with E-state index in [1.807, 2.05) is 4.90 Å². The van der Waals surface area contributed by atoms with Gasteiger partial charge in [0.25, 0.3) is 5.69 Å². The molecule has 1 aliphatic rings. The third-order valence-electron chi connectivity index (χ3n) is 4.44. The van der Waals surface area contributed by atoms with E-state index in [0.29, 0.717) is 47.5 Å². The van der Waals surface area contributed by atoms with E-state index < -0.39 is 0 Å². The van der Waals surface area contributed by atoms with Gasteiger partial charge in [-0.05, 0) is 23.8 Å². The van der Waals surface area contributed by atoms with Crippen molar-refractivity contribution in [2.24, 2.45) is 0 Å². The van der Waals surface area contributed by atoms with Gasteiger partial charge in [0, 0.05) is 42.3 Å². The zero-order valence-corrected chi connectivity index (χ0v) is 15.4. The predicted octanol–water partition coefficient (Wildman–Crippen LogP) is 3.79. The molecule has 0 atom stereocenters. The number of halogens is 2. The zero-order valence-electron chi connectivity index (χ0n) is 13.9. The average molecular weight is 394 g/mol. The SMILES string of the molecule is O=C(Cc1c(Cl)cccc1Cl)N1CCN(c2ccccc2[N+](=O)[O-])CC1. The molecule has 1 saturated heterocycles. The molecule has 2 aromatic rings. The van der Waals surface area contributed by atoms with Gasteiger partial charge in [0.2, 0.25) is 5.91 Å². The van der Waals surface area contributed by atoms with Crippen molar-refractivity contribution in [3.8, 4) is 0 Å². The maximum atomic E-state index is 12.6. The Morgan fingerprint density at radius 2 is 1.62 bits per heavy atom. The number of para-hydroxylation sites is 2. The molecular weight excluding hydrogens is 377 g/mol. The van der Waals surface area contributed by atoms with E-state index in [1.165, 1.54) is 6.07 Å². The minimum Gasteiger partial charge on any atom is -0.362 e. The van der Waals surface area contributed by atoms with Gasteiger partial charge >= 0.3 is 0 Å². The fourth-order valence-corrected chi connectivity index (χ4v) is 3.58. The van der Waals surface area contributed by atoms with Gasteiger partial charge in [-0.15, -0.1) is 0 Å². The van der Waals surface area contributed by atoms with E-state index in [1.54, 1.807) is 41.3 Å². The topological polar surface area (TPSA) is 66.7 Å². The summed E-state index contributed by atoms with van der Waals surface area (Å²) in [5.41, 5.74) is 1.29. The van der Waals surface area contributed by atoms with Crippen molar-refractivity contribution in [1.29, 1.82) is 0 Å². The minimum absolute atomic E-state index is 0.0535. The summed E-state index contributed by atoms with van der Waals surface area (Å²) in [6.45, 7) is 2.06. The van der Waals surface area contributed by atoms with Crippen LogP contribution in [-0.4, -0.2) is 41.9 Å². The van der Waals surface area contributed by atoms with Crippen molar-refractivity contribution in [1.82, 2.24) is 4.90 Å². The number of benzene rings is 2. The van der Waals surface area contributed by atoms with E-state index in [9.17, 15) is 14.9 Å². The molecule has 0 aliphatic carbocycles. The third kappa shape index (κ3) is 3.92. The molecule has 136 valence electrons. The van der Waals surface area contributed by atoms with Crippen LogP contribution < -0.4 is 4.90 Å². The Morgan fingerprint density at radius 1 is 1.00 bits per heavy atom. The van der Waals surface area contributed by atoms with E-state index in [0.717, 1.165) is 0 Å². The molecule has 0 unspecified atom stereocenters. The normalized spacial score (nSPS) is 14.4. The van der Waals surface area contributed by atoms with Crippen molar-refractivity contribution >= 4 is 40.5 Å². The maximum Gasteiger partial charge on any atom is 0.292 e. The van der Waals surface area contributed by atoms with Crippen molar-refractivity contribution in [2.75, 3.05) is 31.1 Å². The summed E-state index contributed by atoms with van der Waals surface area (Å²) in [5, 5.41) is 12.1. The number of piperazine rings is 1. The summed E-state index contributed by atoms with van der Waals surface area (Å²) in [4.78, 5) is 27.1. The number of hydrogen-bond acceptors (Lipinski definition) is 4. The molecule has 3 rings (SSSR count). The van der Waals surface area contributed by atoms with Crippen LogP contribution in [0.15, 0.2) is 42.5 Å². The Labute approximate surface area is 161 Å². The van der Waals surface area contributed by atoms with Crippen molar-refractivity contribution in [3.63, 3.8) is 0 Å². The highest BCUT2D eigenvalue weighted by molar-refractivity contribution is 6.36. The first kappa shape index (κ1) is 18.5. The molecule has 1 heterocycles. The van der Waals surface area contributed by atoms with Crippen LogP contribution in [0.3, 0.4) is 0 Å². The standard InChI is InChI=1S/C18H17Cl2N3O3/c19-14-4-3-5-15(20)13(14)12-18(24)22-10-8-21(9-11-22)16-6-1-2-7-17(16)23(25)26/h1-7H,8-12H2. The molecule has 0 saturated carbocycles. The fraction of sp³-hybridized carbons (Fsp3) is 0.278. The molecule has 6 nitrogen and oxygen atoms in total. The van der Waals surface area contributed by atoms with Gasteiger partial charge in [0.05, 0.1) is 11.3 Å². The average Bonchev–Trinajstić information content (AvgIpc) is 2.65. The number of carbonyl (C=O) groups is 1. The van der Waals surface area contributed by atoms with Gasteiger partial charge in [0.15, 0.2) is 0 Å². The molecule has 1 fully saturated rings. The molecule has 0 radical (unpaired) electrons. The molecule has 0 bridgehead atoms. The molecule has 0 aromatic heterocycles. The molecule has 1 aliphatic heterocycles. The molecule has 1 amide bonds. The number of carbonyl (C=O) groups excluding carboxylic acids is 1. The van der Waals surface area contributed by atoms with Crippen LogP contribution in [0.1, 0.15) is 5.56 Å². The zero-order chi connectivity index (χ0) is 18.7. The van der Waals surface area contributed by atoms with Crippen LogP contribution in [0.5, 0.6) is 0 Å². The minimum atomic E-state index is -0.383. The van der Waals surface area contributed by atoms with Gasteiger partial charge < -0.3 is 9.80 Å². The van der Waals surface area contributed by atoms with E-state index in [2.05, 4.69) is 0 Å². The van der Waals surface area contributed by atoms with Crippen molar-refractivity contribution in [3.05, 3.63) is 68.2 Å². The Balaban J connectivity index is 1.65. The predicted molar refractivity (Wildman–Crippen MR) is 102 cm³/mol. The summed E-state index contributed by atoms with van der Waals surface area (Å²) >= 11 is 12.3. The Morgan fingerprint density at radius 3 is 2.23 bits per heavy atom. The largest absolute Gasteiger partial charge is 0.362 e. The quantitative estimate of drug-likeness (QED) is 0.585. The second kappa shape index (κ2) is 7.93. The van der Waals surface area contributed by atoms with Crippen LogP contribution in [0.2, 0.25) is 10.0 Å². The summed E-state index contributed by atoms with van der Waals surface area (Å²) in [6, 6.07) is 11.8. The highest BCUT2D eigenvalue weighted by Crippen LogP contribution is 2.29. The van der Waals surface area contributed by atoms with E-state index >= 15 is 0 Å². The molecule has 0 spiro atoms. The Bertz CT molecular complexity index is 816. The molecular formula is C18H17Cl2N3O3. The number of anilines is 1. The lowest BCUT2D eigenvalue weighted by Crippen LogP contribution is -2.49. The number of amides is 1. The first-order valence-electron chi connectivity index (χ1n) is 8.16. The summed E-state index contributed by atoms with van der Waals surface area (Å²) in [7, 11) is 0. The number of nitro benzene ring substituents is 1. The number of nitrogens with zero attached hydrogens (tertiary/aromatic N) is 3. The highest BCUT2D eigenvalue weighted by Gasteiger charge is 2.26.